The van der Waals surface area contributed by atoms with E-state index in [9.17, 15) is 0 Å². The maximum atomic E-state index is 5.87. The van der Waals surface area contributed by atoms with Crippen molar-refractivity contribution in [2.24, 2.45) is 0 Å². The van der Waals surface area contributed by atoms with E-state index < -0.39 is 0 Å². The summed E-state index contributed by atoms with van der Waals surface area (Å²) in [5, 5.41) is 3.47. The number of rotatable bonds is 5. The van der Waals surface area contributed by atoms with Crippen LogP contribution in [0.1, 0.15) is 41.7 Å². The third-order valence-corrected chi connectivity index (χ3v) is 4.38. The van der Waals surface area contributed by atoms with Crippen LogP contribution in [-0.4, -0.2) is 35.5 Å². The molecule has 3 N–H and O–H groups in total. The van der Waals surface area contributed by atoms with Gasteiger partial charge in [-0.25, -0.2) is 4.98 Å². The quantitative estimate of drug-likeness (QED) is 0.882. The molecule has 0 saturated carbocycles. The standard InChI is InChI=1S/C17H25N5O/c1-11-8-9-15(23-11)14(22(2)3)10-19-16-12-6-4-5-7-13(12)20-17(18)21-16/h8-9,14H,4-7,10H2,1-3H3,(H3,18,19,20,21)/t14-/m0/s1. The lowest BCUT2D eigenvalue weighted by Crippen LogP contribution is -2.27. The number of fused-ring (bicyclic) bond motifs is 1. The molecule has 1 atom stereocenters. The van der Waals surface area contributed by atoms with Crippen LogP contribution >= 0.6 is 0 Å². The number of hydrogen-bond acceptors (Lipinski definition) is 6. The topological polar surface area (TPSA) is 80.2 Å². The van der Waals surface area contributed by atoms with Crippen LogP contribution < -0.4 is 11.1 Å². The summed E-state index contributed by atoms with van der Waals surface area (Å²) in [6, 6.07) is 4.17. The molecule has 0 aliphatic heterocycles. The SMILES string of the molecule is Cc1ccc([C@H](CNc2nc(N)nc3c2CCCC3)N(C)C)o1. The van der Waals surface area contributed by atoms with Crippen molar-refractivity contribution in [2.75, 3.05) is 31.7 Å². The molecule has 0 bridgehead atoms. The maximum absolute atomic E-state index is 5.87. The van der Waals surface area contributed by atoms with Crippen LogP contribution in [-0.2, 0) is 12.8 Å². The molecule has 0 radical (unpaired) electrons. The summed E-state index contributed by atoms with van der Waals surface area (Å²) in [5.41, 5.74) is 8.19. The minimum absolute atomic E-state index is 0.138. The predicted molar refractivity (Wildman–Crippen MR) is 91.4 cm³/mol. The Morgan fingerprint density at radius 2 is 2.04 bits per heavy atom. The van der Waals surface area contributed by atoms with Gasteiger partial charge in [-0.15, -0.1) is 0 Å². The Balaban J connectivity index is 1.80. The number of nitrogen functional groups attached to an aromatic ring is 1. The zero-order valence-corrected chi connectivity index (χ0v) is 14.1. The number of nitrogens with zero attached hydrogens (tertiary/aromatic N) is 3. The van der Waals surface area contributed by atoms with Crippen molar-refractivity contribution in [1.29, 1.82) is 0 Å². The molecule has 2 aromatic rings. The molecule has 6 heteroatoms. The fourth-order valence-electron chi connectivity index (χ4n) is 3.12. The molecule has 2 heterocycles. The van der Waals surface area contributed by atoms with Gasteiger partial charge in [0, 0.05) is 12.1 Å². The van der Waals surface area contributed by atoms with E-state index in [1.165, 1.54) is 18.4 Å². The summed E-state index contributed by atoms with van der Waals surface area (Å²) < 4.78 is 5.79. The minimum atomic E-state index is 0.138. The van der Waals surface area contributed by atoms with E-state index in [0.29, 0.717) is 12.5 Å². The fraction of sp³-hybridized carbons (Fsp3) is 0.529. The third kappa shape index (κ3) is 3.47. The van der Waals surface area contributed by atoms with Crippen molar-refractivity contribution in [2.45, 2.75) is 38.6 Å². The lowest BCUT2D eigenvalue weighted by atomic mass is 9.96. The van der Waals surface area contributed by atoms with Crippen molar-refractivity contribution in [3.05, 3.63) is 34.9 Å². The fourth-order valence-corrected chi connectivity index (χ4v) is 3.12. The van der Waals surface area contributed by atoms with Crippen LogP contribution in [0.15, 0.2) is 16.5 Å². The van der Waals surface area contributed by atoms with E-state index in [2.05, 4.69) is 20.2 Å². The number of hydrogen-bond donors (Lipinski definition) is 2. The van der Waals surface area contributed by atoms with E-state index >= 15 is 0 Å². The highest BCUT2D eigenvalue weighted by Crippen LogP contribution is 2.27. The summed E-state index contributed by atoms with van der Waals surface area (Å²) in [6.07, 6.45) is 4.37. The Kier molecular flexibility index (Phi) is 4.52. The van der Waals surface area contributed by atoms with Crippen LogP contribution in [0.25, 0.3) is 0 Å². The van der Waals surface area contributed by atoms with Crippen molar-refractivity contribution < 1.29 is 4.42 Å². The van der Waals surface area contributed by atoms with Crippen LogP contribution in [0.4, 0.5) is 11.8 Å². The Morgan fingerprint density at radius 1 is 1.26 bits per heavy atom. The van der Waals surface area contributed by atoms with E-state index in [4.69, 9.17) is 10.2 Å². The first-order valence-electron chi connectivity index (χ1n) is 8.16. The molecule has 0 spiro atoms. The largest absolute Gasteiger partial charge is 0.465 e. The highest BCUT2D eigenvalue weighted by Gasteiger charge is 2.21. The Bertz CT molecular complexity index is 680. The molecule has 124 valence electrons. The number of aryl methyl sites for hydroxylation is 2. The van der Waals surface area contributed by atoms with Crippen molar-refractivity contribution >= 4 is 11.8 Å². The summed E-state index contributed by atoms with van der Waals surface area (Å²) in [6.45, 7) is 2.67. The van der Waals surface area contributed by atoms with E-state index in [1.807, 2.05) is 33.2 Å². The van der Waals surface area contributed by atoms with Crippen LogP contribution in [0.2, 0.25) is 0 Å². The Labute approximate surface area is 137 Å². The maximum Gasteiger partial charge on any atom is 0.222 e. The van der Waals surface area contributed by atoms with Gasteiger partial charge in [-0.3, -0.25) is 4.90 Å². The Morgan fingerprint density at radius 3 is 2.74 bits per heavy atom. The van der Waals surface area contributed by atoms with Gasteiger partial charge < -0.3 is 15.5 Å². The molecule has 6 nitrogen and oxygen atoms in total. The van der Waals surface area contributed by atoms with Gasteiger partial charge in [-0.05, 0) is 58.8 Å². The van der Waals surface area contributed by atoms with Gasteiger partial charge >= 0.3 is 0 Å². The average Bonchev–Trinajstić information content (AvgIpc) is 2.93. The van der Waals surface area contributed by atoms with E-state index in [-0.39, 0.29) is 6.04 Å². The number of nitrogens with one attached hydrogen (secondary N) is 1. The van der Waals surface area contributed by atoms with Crippen molar-refractivity contribution in [3.63, 3.8) is 0 Å². The monoisotopic (exact) mass is 315 g/mol. The third-order valence-electron chi connectivity index (χ3n) is 4.38. The van der Waals surface area contributed by atoms with Gasteiger partial charge in [0.1, 0.15) is 17.3 Å². The predicted octanol–water partition coefficient (Wildman–Crippen LogP) is 2.55. The Hall–Kier alpha value is -2.08. The van der Waals surface area contributed by atoms with Crippen molar-refractivity contribution in [3.8, 4) is 0 Å². The smallest absolute Gasteiger partial charge is 0.222 e. The van der Waals surface area contributed by atoms with Gasteiger partial charge in [-0.1, -0.05) is 0 Å². The first-order chi connectivity index (χ1) is 11.0. The molecule has 0 aromatic carbocycles. The van der Waals surface area contributed by atoms with Crippen molar-refractivity contribution in [1.82, 2.24) is 14.9 Å². The number of nitrogens with two attached hydrogens (primary N) is 1. The molecule has 2 aromatic heterocycles. The molecule has 1 aliphatic carbocycles. The second kappa shape index (κ2) is 6.58. The summed E-state index contributed by atoms with van der Waals surface area (Å²) >= 11 is 0. The zero-order chi connectivity index (χ0) is 16.4. The molecule has 3 rings (SSSR count). The minimum Gasteiger partial charge on any atom is -0.465 e. The van der Waals surface area contributed by atoms with Gasteiger partial charge in [0.25, 0.3) is 0 Å². The van der Waals surface area contributed by atoms with E-state index in [1.54, 1.807) is 0 Å². The first-order valence-corrected chi connectivity index (χ1v) is 8.16. The number of furan rings is 1. The lowest BCUT2D eigenvalue weighted by molar-refractivity contribution is 0.266. The molecule has 0 fully saturated rings. The van der Waals surface area contributed by atoms with Crippen LogP contribution in [0.5, 0.6) is 0 Å². The zero-order valence-electron chi connectivity index (χ0n) is 14.1. The molecule has 1 aliphatic rings. The summed E-state index contributed by atoms with van der Waals surface area (Å²) in [7, 11) is 4.10. The van der Waals surface area contributed by atoms with Gasteiger partial charge in [0.2, 0.25) is 5.95 Å². The second-order valence-electron chi connectivity index (χ2n) is 6.37. The second-order valence-corrected chi connectivity index (χ2v) is 6.37. The van der Waals surface area contributed by atoms with Crippen LogP contribution in [0.3, 0.4) is 0 Å². The van der Waals surface area contributed by atoms with Gasteiger partial charge in [0.15, 0.2) is 0 Å². The number of aromatic nitrogens is 2. The summed E-state index contributed by atoms with van der Waals surface area (Å²) in [5.74, 6) is 3.11. The average molecular weight is 315 g/mol. The molecular weight excluding hydrogens is 290 g/mol. The number of likely N-dealkylation sites (N-methyl/N-ethyl adjacent to an activating group) is 1. The molecular formula is C17H25N5O. The van der Waals surface area contributed by atoms with Gasteiger partial charge in [0.05, 0.1) is 11.7 Å². The van der Waals surface area contributed by atoms with E-state index in [0.717, 1.165) is 35.9 Å². The molecule has 0 unspecified atom stereocenters. The van der Waals surface area contributed by atoms with Crippen LogP contribution in [0, 0.1) is 6.92 Å². The van der Waals surface area contributed by atoms with Gasteiger partial charge in [-0.2, -0.15) is 4.98 Å². The lowest BCUT2D eigenvalue weighted by Gasteiger charge is -2.25. The number of anilines is 2. The normalized spacial score (nSPS) is 15.5. The molecule has 0 saturated heterocycles. The first kappa shape index (κ1) is 15.8. The molecule has 0 amide bonds. The highest BCUT2D eigenvalue weighted by atomic mass is 16.3. The highest BCUT2D eigenvalue weighted by molar-refractivity contribution is 5.50. The summed E-state index contributed by atoms with van der Waals surface area (Å²) in [4.78, 5) is 11.0. The molecule has 23 heavy (non-hydrogen) atoms.